The Morgan fingerprint density at radius 3 is 2.60 bits per heavy atom. The Labute approximate surface area is 122 Å². The second kappa shape index (κ2) is 6.08. The van der Waals surface area contributed by atoms with Gasteiger partial charge in [0.05, 0.1) is 11.4 Å². The number of hydrogen-bond donors (Lipinski definition) is 0. The van der Waals surface area contributed by atoms with Crippen LogP contribution < -0.4 is 0 Å². The average molecular weight is 301 g/mol. The zero-order valence-corrected chi connectivity index (χ0v) is 12.7. The molecule has 20 heavy (non-hydrogen) atoms. The zero-order chi connectivity index (χ0) is 14.9. The average Bonchev–Trinajstić information content (AvgIpc) is 2.82. The van der Waals surface area contributed by atoms with Gasteiger partial charge in [-0.25, -0.2) is 13.8 Å². The predicted molar refractivity (Wildman–Crippen MR) is 78.0 cm³/mol. The molecule has 0 saturated heterocycles. The van der Waals surface area contributed by atoms with Gasteiger partial charge >= 0.3 is 0 Å². The molecule has 1 aromatic heterocycles. The minimum absolute atomic E-state index is 0.0278. The van der Waals surface area contributed by atoms with Crippen molar-refractivity contribution in [3.05, 3.63) is 29.6 Å². The summed E-state index contributed by atoms with van der Waals surface area (Å²) in [6.45, 7) is 6.26. The lowest BCUT2D eigenvalue weighted by molar-refractivity contribution is 0.395. The van der Waals surface area contributed by atoms with Crippen LogP contribution in [0.5, 0.6) is 0 Å². The van der Waals surface area contributed by atoms with Gasteiger partial charge in [0.1, 0.15) is 11.3 Å². The Morgan fingerprint density at radius 1 is 1.30 bits per heavy atom. The predicted octanol–water partition coefficient (Wildman–Crippen LogP) is 5.05. The summed E-state index contributed by atoms with van der Waals surface area (Å²) in [5.74, 6) is -0.428. The van der Waals surface area contributed by atoms with Crippen molar-refractivity contribution < 1.29 is 8.78 Å². The van der Waals surface area contributed by atoms with E-state index in [4.69, 9.17) is 11.6 Å². The van der Waals surface area contributed by atoms with Gasteiger partial charge in [-0.1, -0.05) is 20.3 Å². The fraction of sp³-hybridized carbons (Fsp3) is 0.533. The second-order valence-corrected chi connectivity index (χ2v) is 5.63. The summed E-state index contributed by atoms with van der Waals surface area (Å²) in [7, 11) is 0. The molecule has 2 rings (SSSR count). The number of nitrogens with zero attached hydrogens (tertiary/aromatic N) is 2. The summed E-state index contributed by atoms with van der Waals surface area (Å²) in [6.07, 6.45) is 1.92. The molecule has 0 saturated carbocycles. The fourth-order valence-corrected chi connectivity index (χ4v) is 2.78. The SMILES string of the molecule is CCC(C)CC(C)n1c(CCl)nc2ccc(F)c(F)c21. The molecule has 2 aromatic rings. The molecule has 5 heteroatoms. The molecule has 0 spiro atoms. The second-order valence-electron chi connectivity index (χ2n) is 5.36. The van der Waals surface area contributed by atoms with Crippen LogP contribution in [0.25, 0.3) is 11.0 Å². The molecule has 1 heterocycles. The molecule has 0 bridgehead atoms. The van der Waals surface area contributed by atoms with E-state index < -0.39 is 11.6 Å². The summed E-state index contributed by atoms with van der Waals surface area (Å²) in [5.41, 5.74) is 0.673. The van der Waals surface area contributed by atoms with Crippen LogP contribution in [0.1, 0.15) is 45.5 Å². The molecule has 0 N–H and O–H groups in total. The lowest BCUT2D eigenvalue weighted by Crippen LogP contribution is -2.12. The molecule has 0 amide bonds. The minimum atomic E-state index is -0.851. The summed E-state index contributed by atoms with van der Waals surface area (Å²) in [6, 6.07) is 2.63. The zero-order valence-electron chi connectivity index (χ0n) is 12.0. The molecule has 0 aliphatic carbocycles. The number of imidazole rings is 1. The molecule has 110 valence electrons. The van der Waals surface area contributed by atoms with Gasteiger partial charge in [-0.15, -0.1) is 11.6 Å². The van der Waals surface area contributed by atoms with Crippen molar-refractivity contribution in [2.45, 2.75) is 45.5 Å². The molecule has 2 unspecified atom stereocenters. The molecule has 0 radical (unpaired) electrons. The number of fused-ring (bicyclic) bond motifs is 1. The standard InChI is InChI=1S/C15H19ClF2N2/c1-4-9(2)7-10(3)20-13(8-16)19-12-6-5-11(17)14(18)15(12)20/h5-6,9-10H,4,7-8H2,1-3H3. The van der Waals surface area contributed by atoms with Gasteiger partial charge in [0.2, 0.25) is 0 Å². The first-order valence-electron chi connectivity index (χ1n) is 6.90. The van der Waals surface area contributed by atoms with Gasteiger partial charge in [0, 0.05) is 6.04 Å². The summed E-state index contributed by atoms with van der Waals surface area (Å²) in [5, 5.41) is 0. The number of aromatic nitrogens is 2. The Hall–Kier alpha value is -1.16. The smallest absolute Gasteiger partial charge is 0.184 e. The number of alkyl halides is 1. The molecule has 0 aliphatic rings. The van der Waals surface area contributed by atoms with Crippen LogP contribution in [0, 0.1) is 17.6 Å². The highest BCUT2D eigenvalue weighted by Crippen LogP contribution is 2.29. The van der Waals surface area contributed by atoms with E-state index >= 15 is 0 Å². The van der Waals surface area contributed by atoms with Crippen LogP contribution in [-0.2, 0) is 5.88 Å². The number of halogens is 3. The highest BCUT2D eigenvalue weighted by Gasteiger charge is 2.21. The van der Waals surface area contributed by atoms with Crippen molar-refractivity contribution in [2.24, 2.45) is 5.92 Å². The van der Waals surface area contributed by atoms with Crippen LogP contribution in [0.4, 0.5) is 8.78 Å². The van der Waals surface area contributed by atoms with Gasteiger partial charge in [-0.3, -0.25) is 0 Å². The molecular formula is C15H19ClF2N2. The molecule has 0 aliphatic heterocycles. The van der Waals surface area contributed by atoms with Crippen molar-refractivity contribution in [1.29, 1.82) is 0 Å². The van der Waals surface area contributed by atoms with Gasteiger partial charge in [0.25, 0.3) is 0 Å². The first-order valence-corrected chi connectivity index (χ1v) is 7.43. The maximum atomic E-state index is 14.1. The third-order valence-corrected chi connectivity index (χ3v) is 4.06. The summed E-state index contributed by atoms with van der Waals surface area (Å²) in [4.78, 5) is 4.31. The molecule has 2 nitrogen and oxygen atoms in total. The van der Waals surface area contributed by atoms with Crippen LogP contribution in [0.3, 0.4) is 0 Å². The van der Waals surface area contributed by atoms with Crippen molar-refractivity contribution in [3.63, 3.8) is 0 Å². The molecule has 2 atom stereocenters. The molecule has 1 aromatic carbocycles. The van der Waals surface area contributed by atoms with Crippen LogP contribution in [0.15, 0.2) is 12.1 Å². The van der Waals surface area contributed by atoms with E-state index in [0.717, 1.165) is 18.9 Å². The topological polar surface area (TPSA) is 17.8 Å². The lowest BCUT2D eigenvalue weighted by Gasteiger charge is -2.20. The van der Waals surface area contributed by atoms with Crippen molar-refractivity contribution in [1.82, 2.24) is 9.55 Å². The lowest BCUT2D eigenvalue weighted by atomic mass is 10.00. The van der Waals surface area contributed by atoms with Crippen molar-refractivity contribution in [3.8, 4) is 0 Å². The maximum absolute atomic E-state index is 14.1. The third kappa shape index (κ3) is 2.66. The molecular weight excluding hydrogens is 282 g/mol. The Balaban J connectivity index is 2.57. The van der Waals surface area contributed by atoms with E-state index in [-0.39, 0.29) is 17.4 Å². The van der Waals surface area contributed by atoms with Gasteiger partial charge in [0.15, 0.2) is 11.6 Å². The van der Waals surface area contributed by atoms with E-state index in [0.29, 0.717) is 17.3 Å². The monoisotopic (exact) mass is 300 g/mol. The normalized spacial score (nSPS) is 14.7. The van der Waals surface area contributed by atoms with E-state index in [9.17, 15) is 8.78 Å². The number of benzene rings is 1. The molecule has 0 fully saturated rings. The number of rotatable bonds is 5. The van der Waals surface area contributed by atoms with Crippen molar-refractivity contribution >= 4 is 22.6 Å². The van der Waals surface area contributed by atoms with E-state index in [1.807, 2.05) is 6.92 Å². The Morgan fingerprint density at radius 2 is 2.00 bits per heavy atom. The largest absolute Gasteiger partial charge is 0.322 e. The number of hydrogen-bond acceptors (Lipinski definition) is 1. The third-order valence-electron chi connectivity index (χ3n) is 3.82. The highest BCUT2D eigenvalue weighted by molar-refractivity contribution is 6.16. The van der Waals surface area contributed by atoms with Crippen LogP contribution >= 0.6 is 11.6 Å². The summed E-state index contributed by atoms with van der Waals surface area (Å²) >= 11 is 5.91. The van der Waals surface area contributed by atoms with Gasteiger partial charge in [-0.05, 0) is 31.4 Å². The van der Waals surface area contributed by atoms with Crippen molar-refractivity contribution in [2.75, 3.05) is 0 Å². The first-order chi connectivity index (χ1) is 9.49. The Bertz CT molecular complexity index is 609. The van der Waals surface area contributed by atoms with Crippen LogP contribution in [-0.4, -0.2) is 9.55 Å². The quantitative estimate of drug-likeness (QED) is 0.706. The maximum Gasteiger partial charge on any atom is 0.184 e. The van der Waals surface area contributed by atoms with Gasteiger partial charge < -0.3 is 4.57 Å². The fourth-order valence-electron chi connectivity index (χ4n) is 2.59. The van der Waals surface area contributed by atoms with Gasteiger partial charge in [-0.2, -0.15) is 0 Å². The first kappa shape index (κ1) is 15.2. The highest BCUT2D eigenvalue weighted by atomic mass is 35.5. The van der Waals surface area contributed by atoms with Crippen LogP contribution in [0.2, 0.25) is 0 Å². The Kier molecular flexibility index (Phi) is 4.63. The summed E-state index contributed by atoms with van der Waals surface area (Å²) < 4.78 is 29.3. The van der Waals surface area contributed by atoms with E-state index in [1.54, 1.807) is 4.57 Å². The van der Waals surface area contributed by atoms with E-state index in [1.165, 1.54) is 6.07 Å². The minimum Gasteiger partial charge on any atom is -0.322 e. The van der Waals surface area contributed by atoms with E-state index in [2.05, 4.69) is 18.8 Å².